The standard InChI is InChI=1S/C19H18ClN3OS/c1-13-17(18(24)21-12-15-9-5-6-10-16(15)20)25-19(23-13)22-11-14-7-3-2-4-8-14/h2-10H,11-12H2,1H3,(H,21,24)(H,22,23). The van der Waals surface area contributed by atoms with Crippen molar-refractivity contribution in [1.82, 2.24) is 10.3 Å². The van der Waals surface area contributed by atoms with Crippen LogP contribution in [-0.2, 0) is 13.1 Å². The number of benzene rings is 2. The average molecular weight is 372 g/mol. The molecule has 1 aromatic heterocycles. The fourth-order valence-electron chi connectivity index (χ4n) is 2.35. The van der Waals surface area contributed by atoms with Gasteiger partial charge in [0.2, 0.25) is 0 Å². The van der Waals surface area contributed by atoms with Crippen molar-refractivity contribution < 1.29 is 4.79 Å². The summed E-state index contributed by atoms with van der Waals surface area (Å²) in [5, 5.41) is 7.56. The fraction of sp³-hybridized carbons (Fsp3) is 0.158. The Kier molecular flexibility index (Phi) is 5.68. The second-order valence-electron chi connectivity index (χ2n) is 5.55. The van der Waals surface area contributed by atoms with Crippen LogP contribution in [0.1, 0.15) is 26.5 Å². The van der Waals surface area contributed by atoms with E-state index in [1.54, 1.807) is 0 Å². The van der Waals surface area contributed by atoms with Gasteiger partial charge in [0.05, 0.1) is 5.69 Å². The van der Waals surface area contributed by atoms with Gasteiger partial charge in [-0.3, -0.25) is 4.79 Å². The van der Waals surface area contributed by atoms with Crippen LogP contribution in [0, 0.1) is 6.92 Å². The summed E-state index contributed by atoms with van der Waals surface area (Å²) in [6.45, 7) is 2.91. The molecule has 0 atom stereocenters. The molecule has 3 rings (SSSR count). The minimum absolute atomic E-state index is 0.136. The van der Waals surface area contributed by atoms with Crippen molar-refractivity contribution in [2.45, 2.75) is 20.0 Å². The van der Waals surface area contributed by atoms with Crippen molar-refractivity contribution >= 4 is 34.0 Å². The number of carbonyl (C=O) groups excluding carboxylic acids is 1. The van der Waals surface area contributed by atoms with E-state index in [1.807, 2.05) is 61.5 Å². The topological polar surface area (TPSA) is 54.0 Å². The third kappa shape index (κ3) is 4.59. The molecule has 2 N–H and O–H groups in total. The highest BCUT2D eigenvalue weighted by Gasteiger charge is 2.15. The van der Waals surface area contributed by atoms with Crippen LogP contribution < -0.4 is 10.6 Å². The van der Waals surface area contributed by atoms with E-state index in [-0.39, 0.29) is 5.91 Å². The summed E-state index contributed by atoms with van der Waals surface area (Å²) < 4.78 is 0. The van der Waals surface area contributed by atoms with Gasteiger partial charge in [-0.15, -0.1) is 0 Å². The summed E-state index contributed by atoms with van der Waals surface area (Å²) in [4.78, 5) is 17.5. The zero-order chi connectivity index (χ0) is 17.6. The van der Waals surface area contributed by atoms with Gasteiger partial charge in [-0.2, -0.15) is 0 Å². The van der Waals surface area contributed by atoms with Crippen molar-refractivity contribution in [3.8, 4) is 0 Å². The van der Waals surface area contributed by atoms with Gasteiger partial charge >= 0.3 is 0 Å². The SMILES string of the molecule is Cc1nc(NCc2ccccc2)sc1C(=O)NCc1ccccc1Cl. The monoisotopic (exact) mass is 371 g/mol. The summed E-state index contributed by atoms with van der Waals surface area (Å²) in [7, 11) is 0. The Morgan fingerprint density at radius 1 is 1.08 bits per heavy atom. The molecule has 0 radical (unpaired) electrons. The minimum atomic E-state index is -0.136. The highest BCUT2D eigenvalue weighted by Crippen LogP contribution is 2.23. The van der Waals surface area contributed by atoms with Crippen LogP contribution in [0.15, 0.2) is 54.6 Å². The van der Waals surface area contributed by atoms with E-state index in [0.29, 0.717) is 23.0 Å². The van der Waals surface area contributed by atoms with Crippen LogP contribution in [0.25, 0.3) is 0 Å². The molecule has 1 amide bonds. The minimum Gasteiger partial charge on any atom is -0.357 e. The van der Waals surface area contributed by atoms with E-state index >= 15 is 0 Å². The number of nitrogens with zero attached hydrogens (tertiary/aromatic N) is 1. The van der Waals surface area contributed by atoms with Gasteiger partial charge < -0.3 is 10.6 Å². The number of anilines is 1. The smallest absolute Gasteiger partial charge is 0.263 e. The second kappa shape index (κ2) is 8.14. The molecule has 0 bridgehead atoms. The Labute approximate surface area is 155 Å². The molecule has 0 aliphatic rings. The van der Waals surface area contributed by atoms with E-state index < -0.39 is 0 Å². The van der Waals surface area contributed by atoms with Crippen LogP contribution in [0.5, 0.6) is 0 Å². The predicted molar refractivity (Wildman–Crippen MR) is 103 cm³/mol. The summed E-state index contributed by atoms with van der Waals surface area (Å²) in [5.74, 6) is -0.136. The number of rotatable bonds is 6. The molecule has 25 heavy (non-hydrogen) atoms. The number of halogens is 1. The quantitative estimate of drug-likeness (QED) is 0.663. The Morgan fingerprint density at radius 3 is 2.56 bits per heavy atom. The van der Waals surface area contributed by atoms with Crippen molar-refractivity contribution in [2.24, 2.45) is 0 Å². The lowest BCUT2D eigenvalue weighted by molar-refractivity contribution is 0.0954. The number of thiazole rings is 1. The molecule has 0 spiro atoms. The molecule has 0 aliphatic carbocycles. The molecule has 128 valence electrons. The second-order valence-corrected chi connectivity index (χ2v) is 6.95. The predicted octanol–water partition coefficient (Wildman–Crippen LogP) is 4.65. The zero-order valence-electron chi connectivity index (χ0n) is 13.8. The lowest BCUT2D eigenvalue weighted by Gasteiger charge is -2.06. The van der Waals surface area contributed by atoms with Gasteiger partial charge in [0.1, 0.15) is 4.88 Å². The number of carbonyl (C=O) groups is 1. The van der Waals surface area contributed by atoms with Gasteiger partial charge in [-0.05, 0) is 24.1 Å². The number of nitrogens with one attached hydrogen (secondary N) is 2. The average Bonchev–Trinajstić information content (AvgIpc) is 3.01. The van der Waals surface area contributed by atoms with Crippen LogP contribution >= 0.6 is 22.9 Å². The molecule has 0 unspecified atom stereocenters. The first-order valence-electron chi connectivity index (χ1n) is 7.90. The lowest BCUT2D eigenvalue weighted by atomic mass is 10.2. The first-order valence-corrected chi connectivity index (χ1v) is 9.10. The van der Waals surface area contributed by atoms with Crippen molar-refractivity contribution in [2.75, 3.05) is 5.32 Å². The zero-order valence-corrected chi connectivity index (χ0v) is 15.3. The van der Waals surface area contributed by atoms with E-state index in [0.717, 1.165) is 16.4 Å². The van der Waals surface area contributed by atoms with Gasteiger partial charge in [0, 0.05) is 18.1 Å². The Bertz CT molecular complexity index is 864. The largest absolute Gasteiger partial charge is 0.357 e. The molecule has 0 fully saturated rings. The van der Waals surface area contributed by atoms with Gasteiger partial charge in [0.15, 0.2) is 5.13 Å². The third-order valence-corrected chi connectivity index (χ3v) is 5.17. The summed E-state index contributed by atoms with van der Waals surface area (Å²) in [6.07, 6.45) is 0. The Balaban J connectivity index is 1.61. The van der Waals surface area contributed by atoms with Crippen LogP contribution in [0.4, 0.5) is 5.13 Å². The van der Waals surface area contributed by atoms with Crippen LogP contribution in [-0.4, -0.2) is 10.9 Å². The summed E-state index contributed by atoms with van der Waals surface area (Å²) >= 11 is 7.48. The summed E-state index contributed by atoms with van der Waals surface area (Å²) in [5.41, 5.74) is 2.78. The molecule has 6 heteroatoms. The molecule has 3 aromatic rings. The van der Waals surface area contributed by atoms with E-state index in [2.05, 4.69) is 15.6 Å². The third-order valence-electron chi connectivity index (χ3n) is 3.69. The molecule has 4 nitrogen and oxygen atoms in total. The molecule has 0 saturated carbocycles. The highest BCUT2D eigenvalue weighted by molar-refractivity contribution is 7.17. The molecule has 0 saturated heterocycles. The fourth-order valence-corrected chi connectivity index (χ4v) is 3.43. The van der Waals surface area contributed by atoms with Crippen LogP contribution in [0.2, 0.25) is 5.02 Å². The number of hydrogen-bond acceptors (Lipinski definition) is 4. The van der Waals surface area contributed by atoms with E-state index in [1.165, 1.54) is 16.9 Å². The van der Waals surface area contributed by atoms with E-state index in [4.69, 9.17) is 11.6 Å². The maximum absolute atomic E-state index is 12.4. The molecular weight excluding hydrogens is 354 g/mol. The summed E-state index contributed by atoms with van der Waals surface area (Å²) in [6, 6.07) is 17.5. The van der Waals surface area contributed by atoms with Gasteiger partial charge in [-0.25, -0.2) is 4.98 Å². The molecule has 2 aromatic carbocycles. The maximum Gasteiger partial charge on any atom is 0.263 e. The van der Waals surface area contributed by atoms with Crippen molar-refractivity contribution in [3.05, 3.63) is 81.3 Å². The maximum atomic E-state index is 12.4. The number of aromatic nitrogens is 1. The lowest BCUT2D eigenvalue weighted by Crippen LogP contribution is -2.22. The van der Waals surface area contributed by atoms with E-state index in [9.17, 15) is 4.79 Å². The Morgan fingerprint density at radius 2 is 1.80 bits per heavy atom. The molecule has 0 aliphatic heterocycles. The normalized spacial score (nSPS) is 10.5. The van der Waals surface area contributed by atoms with Crippen molar-refractivity contribution in [1.29, 1.82) is 0 Å². The number of aryl methyl sites for hydroxylation is 1. The first-order chi connectivity index (χ1) is 12.1. The first kappa shape index (κ1) is 17.5. The molecular formula is C19H18ClN3OS. The molecule has 1 heterocycles. The Hall–Kier alpha value is -2.37. The highest BCUT2D eigenvalue weighted by atomic mass is 35.5. The van der Waals surface area contributed by atoms with Crippen molar-refractivity contribution in [3.63, 3.8) is 0 Å². The van der Waals surface area contributed by atoms with Gasteiger partial charge in [-0.1, -0.05) is 71.5 Å². The van der Waals surface area contributed by atoms with Crippen LogP contribution in [0.3, 0.4) is 0 Å². The number of amides is 1. The number of hydrogen-bond donors (Lipinski definition) is 2. The van der Waals surface area contributed by atoms with Gasteiger partial charge in [0.25, 0.3) is 5.91 Å².